The SMILES string of the molecule is CC1(C)CCC(Oc2ncc(C(=O)O)cc2[N+](=O)[O-])CC1. The van der Waals surface area contributed by atoms with E-state index in [1.165, 1.54) is 0 Å². The molecule has 0 spiro atoms. The molecule has 1 aliphatic rings. The van der Waals surface area contributed by atoms with Crippen LogP contribution in [-0.2, 0) is 0 Å². The molecule has 1 aromatic rings. The summed E-state index contributed by atoms with van der Waals surface area (Å²) in [7, 11) is 0. The van der Waals surface area contributed by atoms with Gasteiger partial charge in [0.25, 0.3) is 5.88 Å². The Labute approximate surface area is 122 Å². The minimum absolute atomic E-state index is 0.102. The number of ether oxygens (including phenoxy) is 1. The number of hydrogen-bond donors (Lipinski definition) is 1. The topological polar surface area (TPSA) is 103 Å². The van der Waals surface area contributed by atoms with Crippen LogP contribution in [-0.4, -0.2) is 27.1 Å². The van der Waals surface area contributed by atoms with Crippen LogP contribution < -0.4 is 4.74 Å². The zero-order valence-corrected chi connectivity index (χ0v) is 12.0. The van der Waals surface area contributed by atoms with Gasteiger partial charge in [-0.3, -0.25) is 10.1 Å². The van der Waals surface area contributed by atoms with Crippen LogP contribution in [0.25, 0.3) is 0 Å². The second-order valence-electron chi connectivity index (χ2n) is 6.09. The average Bonchev–Trinajstić information content (AvgIpc) is 2.41. The highest BCUT2D eigenvalue weighted by Gasteiger charge is 2.30. The highest BCUT2D eigenvalue weighted by atomic mass is 16.6. The van der Waals surface area contributed by atoms with Crippen LogP contribution in [0.2, 0.25) is 0 Å². The zero-order chi connectivity index (χ0) is 15.6. The molecule has 0 unspecified atom stereocenters. The van der Waals surface area contributed by atoms with E-state index in [-0.39, 0.29) is 23.0 Å². The Morgan fingerprint density at radius 1 is 1.48 bits per heavy atom. The molecule has 114 valence electrons. The molecule has 0 bridgehead atoms. The van der Waals surface area contributed by atoms with Crippen molar-refractivity contribution in [1.82, 2.24) is 4.98 Å². The van der Waals surface area contributed by atoms with Crippen molar-refractivity contribution in [2.75, 3.05) is 0 Å². The van der Waals surface area contributed by atoms with Crippen LogP contribution in [0.15, 0.2) is 12.3 Å². The van der Waals surface area contributed by atoms with E-state index in [4.69, 9.17) is 9.84 Å². The first-order chi connectivity index (χ1) is 9.78. The number of carboxylic acids is 1. The number of aromatic nitrogens is 1. The molecule has 0 amide bonds. The number of pyridine rings is 1. The summed E-state index contributed by atoms with van der Waals surface area (Å²) < 4.78 is 5.63. The Morgan fingerprint density at radius 2 is 2.10 bits per heavy atom. The average molecular weight is 294 g/mol. The van der Waals surface area contributed by atoms with Crippen LogP contribution >= 0.6 is 0 Å². The van der Waals surface area contributed by atoms with Crippen LogP contribution in [0.1, 0.15) is 49.9 Å². The molecular formula is C14H18N2O5. The lowest BCUT2D eigenvalue weighted by Gasteiger charge is -2.33. The van der Waals surface area contributed by atoms with E-state index in [0.29, 0.717) is 0 Å². The van der Waals surface area contributed by atoms with Gasteiger partial charge < -0.3 is 9.84 Å². The fourth-order valence-corrected chi connectivity index (χ4v) is 2.43. The van der Waals surface area contributed by atoms with Crippen molar-refractivity contribution in [3.63, 3.8) is 0 Å². The third kappa shape index (κ3) is 3.68. The Hall–Kier alpha value is -2.18. The number of rotatable bonds is 4. The number of aromatic carboxylic acids is 1. The Balaban J connectivity index is 2.16. The van der Waals surface area contributed by atoms with Gasteiger partial charge in [0.1, 0.15) is 6.10 Å². The Morgan fingerprint density at radius 3 is 2.62 bits per heavy atom. The summed E-state index contributed by atoms with van der Waals surface area (Å²) in [5.41, 5.74) is -0.356. The van der Waals surface area contributed by atoms with Crippen LogP contribution in [0, 0.1) is 15.5 Å². The quantitative estimate of drug-likeness (QED) is 0.676. The summed E-state index contributed by atoms with van der Waals surface area (Å²) in [6, 6.07) is 0.984. The summed E-state index contributed by atoms with van der Waals surface area (Å²) in [6.07, 6.45) is 4.56. The van der Waals surface area contributed by atoms with Gasteiger partial charge in [-0.05, 0) is 31.1 Å². The molecule has 1 saturated carbocycles. The number of carboxylic acid groups (broad SMARTS) is 1. The van der Waals surface area contributed by atoms with Crippen molar-refractivity contribution in [3.8, 4) is 5.88 Å². The molecule has 7 nitrogen and oxygen atoms in total. The second kappa shape index (κ2) is 5.67. The number of nitro groups is 1. The predicted octanol–water partition coefficient (Wildman–Crippen LogP) is 3.04. The first-order valence-electron chi connectivity index (χ1n) is 6.83. The van der Waals surface area contributed by atoms with Crippen molar-refractivity contribution in [2.24, 2.45) is 5.41 Å². The monoisotopic (exact) mass is 294 g/mol. The van der Waals surface area contributed by atoms with Crippen molar-refractivity contribution in [2.45, 2.75) is 45.6 Å². The fraction of sp³-hybridized carbons (Fsp3) is 0.571. The molecule has 7 heteroatoms. The van der Waals surface area contributed by atoms with Crippen LogP contribution in [0.5, 0.6) is 5.88 Å². The molecule has 0 aromatic carbocycles. The maximum Gasteiger partial charge on any atom is 0.337 e. The minimum Gasteiger partial charge on any atom is -0.478 e. The summed E-state index contributed by atoms with van der Waals surface area (Å²) >= 11 is 0. The molecule has 2 rings (SSSR count). The van der Waals surface area contributed by atoms with Crippen molar-refractivity contribution < 1.29 is 19.6 Å². The number of carbonyl (C=O) groups is 1. The summed E-state index contributed by atoms with van der Waals surface area (Å²) in [6.45, 7) is 4.37. The summed E-state index contributed by atoms with van der Waals surface area (Å²) in [5.74, 6) is -1.36. The Kier molecular flexibility index (Phi) is 4.11. The highest BCUT2D eigenvalue weighted by molar-refractivity contribution is 5.88. The minimum atomic E-state index is -1.25. The van der Waals surface area contributed by atoms with E-state index >= 15 is 0 Å². The van der Waals surface area contributed by atoms with Crippen molar-refractivity contribution >= 4 is 11.7 Å². The normalized spacial score (nSPS) is 18.2. The van der Waals surface area contributed by atoms with E-state index in [9.17, 15) is 14.9 Å². The van der Waals surface area contributed by atoms with Gasteiger partial charge in [0.2, 0.25) is 0 Å². The van der Waals surface area contributed by atoms with Gasteiger partial charge in [0, 0.05) is 12.3 Å². The lowest BCUT2D eigenvalue weighted by atomic mass is 9.76. The van der Waals surface area contributed by atoms with Gasteiger partial charge >= 0.3 is 11.7 Å². The van der Waals surface area contributed by atoms with E-state index in [1.807, 2.05) is 0 Å². The van der Waals surface area contributed by atoms with E-state index < -0.39 is 16.6 Å². The maximum atomic E-state index is 11.0. The molecule has 0 radical (unpaired) electrons. The molecule has 1 N–H and O–H groups in total. The predicted molar refractivity (Wildman–Crippen MR) is 74.5 cm³/mol. The third-order valence-electron chi connectivity index (χ3n) is 3.84. The molecular weight excluding hydrogens is 276 g/mol. The lowest BCUT2D eigenvalue weighted by Crippen LogP contribution is -2.28. The molecule has 1 aliphatic carbocycles. The molecule has 1 heterocycles. The largest absolute Gasteiger partial charge is 0.478 e. The smallest absolute Gasteiger partial charge is 0.337 e. The van der Waals surface area contributed by atoms with Gasteiger partial charge in [-0.2, -0.15) is 0 Å². The van der Waals surface area contributed by atoms with Gasteiger partial charge in [-0.15, -0.1) is 0 Å². The van der Waals surface area contributed by atoms with Gasteiger partial charge in [0.05, 0.1) is 10.5 Å². The maximum absolute atomic E-state index is 11.0. The first-order valence-corrected chi connectivity index (χ1v) is 6.83. The third-order valence-corrected chi connectivity index (χ3v) is 3.84. The van der Waals surface area contributed by atoms with Crippen molar-refractivity contribution in [3.05, 3.63) is 27.9 Å². The molecule has 1 aromatic heterocycles. The van der Waals surface area contributed by atoms with E-state index in [0.717, 1.165) is 37.9 Å². The van der Waals surface area contributed by atoms with E-state index in [1.54, 1.807) is 0 Å². The molecule has 21 heavy (non-hydrogen) atoms. The molecule has 0 atom stereocenters. The van der Waals surface area contributed by atoms with Gasteiger partial charge in [-0.25, -0.2) is 9.78 Å². The fourth-order valence-electron chi connectivity index (χ4n) is 2.43. The molecule has 1 fully saturated rings. The number of hydrogen-bond acceptors (Lipinski definition) is 5. The number of nitrogens with zero attached hydrogens (tertiary/aromatic N) is 2. The van der Waals surface area contributed by atoms with Crippen molar-refractivity contribution in [1.29, 1.82) is 0 Å². The standard InChI is InChI=1S/C14H18N2O5/c1-14(2)5-3-10(4-6-14)21-12-11(16(19)20)7-9(8-15-12)13(17)18/h7-8,10H,3-6H2,1-2H3,(H,17,18). The van der Waals surface area contributed by atoms with E-state index in [2.05, 4.69) is 18.8 Å². The summed E-state index contributed by atoms with van der Waals surface area (Å²) in [4.78, 5) is 25.0. The molecule has 0 saturated heterocycles. The lowest BCUT2D eigenvalue weighted by molar-refractivity contribution is -0.386. The Bertz CT molecular complexity index is 560. The highest BCUT2D eigenvalue weighted by Crippen LogP contribution is 2.37. The zero-order valence-electron chi connectivity index (χ0n) is 12.0. The summed E-state index contributed by atoms with van der Waals surface area (Å²) in [5, 5.41) is 19.9. The van der Waals surface area contributed by atoms with Gasteiger partial charge in [0.15, 0.2) is 0 Å². The van der Waals surface area contributed by atoms with Crippen LogP contribution in [0.3, 0.4) is 0 Å². The second-order valence-corrected chi connectivity index (χ2v) is 6.09. The molecule has 0 aliphatic heterocycles. The van der Waals surface area contributed by atoms with Gasteiger partial charge in [-0.1, -0.05) is 13.8 Å². The first kappa shape index (κ1) is 15.2. The van der Waals surface area contributed by atoms with Crippen LogP contribution in [0.4, 0.5) is 5.69 Å².